The fourth-order valence-electron chi connectivity index (χ4n) is 2.71. The maximum absolute atomic E-state index is 6.06. The molecule has 138 valence electrons. The first-order chi connectivity index (χ1) is 11.7. The highest BCUT2D eigenvalue weighted by atomic mass is 32.2. The lowest BCUT2D eigenvalue weighted by atomic mass is 9.98. The van der Waals surface area contributed by atoms with E-state index in [2.05, 4.69) is 46.7 Å². The number of fused-ring (bicyclic) bond motifs is 3. The minimum atomic E-state index is -0.0882. The normalized spacial score (nSPS) is 16.8. The SMILES string of the molecule is CC(C)Sc1nc(SCCN(C)C)c2sc3c(c2n1)COC(C)(C)C3. The summed E-state index contributed by atoms with van der Waals surface area (Å²) in [6.07, 6.45) is 0.956. The Bertz CT molecular complexity index is 756. The van der Waals surface area contributed by atoms with E-state index in [0.29, 0.717) is 11.9 Å². The Kier molecular flexibility index (Phi) is 6.00. The molecule has 0 saturated carbocycles. The molecule has 0 spiro atoms. The van der Waals surface area contributed by atoms with Crippen molar-refractivity contribution in [1.29, 1.82) is 0 Å². The van der Waals surface area contributed by atoms with E-state index in [1.54, 1.807) is 11.8 Å². The lowest BCUT2D eigenvalue weighted by Crippen LogP contribution is -2.30. The Morgan fingerprint density at radius 1 is 1.28 bits per heavy atom. The highest BCUT2D eigenvalue weighted by Crippen LogP contribution is 2.42. The molecule has 0 atom stereocenters. The number of hydrogen-bond donors (Lipinski definition) is 0. The van der Waals surface area contributed by atoms with Crippen molar-refractivity contribution >= 4 is 45.1 Å². The van der Waals surface area contributed by atoms with Crippen LogP contribution in [0.5, 0.6) is 0 Å². The third kappa shape index (κ3) is 4.69. The van der Waals surface area contributed by atoms with Crippen LogP contribution in [0.15, 0.2) is 10.2 Å². The van der Waals surface area contributed by atoms with Crippen molar-refractivity contribution in [2.24, 2.45) is 0 Å². The second kappa shape index (κ2) is 7.72. The van der Waals surface area contributed by atoms with Gasteiger partial charge in [-0.1, -0.05) is 25.6 Å². The van der Waals surface area contributed by atoms with Gasteiger partial charge in [0.15, 0.2) is 5.16 Å². The molecule has 1 aliphatic heterocycles. The van der Waals surface area contributed by atoms with Gasteiger partial charge in [0.25, 0.3) is 0 Å². The average Bonchev–Trinajstić information content (AvgIpc) is 2.82. The maximum Gasteiger partial charge on any atom is 0.189 e. The number of hydrogen-bond acceptors (Lipinski definition) is 7. The van der Waals surface area contributed by atoms with Gasteiger partial charge in [-0.3, -0.25) is 0 Å². The summed E-state index contributed by atoms with van der Waals surface area (Å²) in [6, 6.07) is 0. The van der Waals surface area contributed by atoms with Gasteiger partial charge in [-0.2, -0.15) is 0 Å². The number of aromatic nitrogens is 2. The van der Waals surface area contributed by atoms with Crippen LogP contribution in [0.2, 0.25) is 0 Å². The largest absolute Gasteiger partial charge is 0.370 e. The number of ether oxygens (including phenoxy) is 1. The van der Waals surface area contributed by atoms with Crippen LogP contribution in [0.25, 0.3) is 10.2 Å². The molecule has 1 aliphatic rings. The second-order valence-electron chi connectivity index (χ2n) is 7.54. The van der Waals surface area contributed by atoms with Gasteiger partial charge >= 0.3 is 0 Å². The molecule has 7 heteroatoms. The minimum Gasteiger partial charge on any atom is -0.370 e. The topological polar surface area (TPSA) is 38.2 Å². The first-order valence-corrected chi connectivity index (χ1v) is 11.3. The van der Waals surface area contributed by atoms with Crippen LogP contribution in [0, 0.1) is 0 Å². The molecule has 2 aromatic heterocycles. The third-order valence-electron chi connectivity index (χ3n) is 3.97. The van der Waals surface area contributed by atoms with Gasteiger partial charge in [0, 0.05) is 34.4 Å². The predicted molar refractivity (Wildman–Crippen MR) is 110 cm³/mol. The minimum absolute atomic E-state index is 0.0882. The zero-order valence-corrected chi connectivity index (χ0v) is 18.3. The van der Waals surface area contributed by atoms with Crippen LogP contribution < -0.4 is 0 Å². The van der Waals surface area contributed by atoms with Crippen LogP contribution in [-0.2, 0) is 17.8 Å². The van der Waals surface area contributed by atoms with E-state index in [9.17, 15) is 0 Å². The molecule has 3 heterocycles. The average molecular weight is 398 g/mol. The maximum atomic E-state index is 6.06. The second-order valence-corrected chi connectivity index (χ2v) is 11.3. The molecule has 0 aromatic carbocycles. The van der Waals surface area contributed by atoms with Gasteiger partial charge in [-0.05, 0) is 27.9 Å². The lowest BCUT2D eigenvalue weighted by molar-refractivity contribution is -0.0383. The summed E-state index contributed by atoms with van der Waals surface area (Å²) in [4.78, 5) is 13.4. The van der Waals surface area contributed by atoms with E-state index in [0.717, 1.165) is 34.4 Å². The summed E-state index contributed by atoms with van der Waals surface area (Å²) in [6.45, 7) is 10.4. The number of rotatable bonds is 6. The molecule has 0 N–H and O–H groups in total. The summed E-state index contributed by atoms with van der Waals surface area (Å²) >= 11 is 5.45. The van der Waals surface area contributed by atoms with Crippen LogP contribution in [0.3, 0.4) is 0 Å². The molecular weight excluding hydrogens is 370 g/mol. The highest BCUT2D eigenvalue weighted by molar-refractivity contribution is 8.00. The van der Waals surface area contributed by atoms with Gasteiger partial charge in [0.05, 0.1) is 22.4 Å². The number of nitrogens with zero attached hydrogens (tertiary/aromatic N) is 3. The lowest BCUT2D eigenvalue weighted by Gasteiger charge is -2.29. The molecule has 4 nitrogen and oxygen atoms in total. The van der Waals surface area contributed by atoms with Crippen molar-refractivity contribution < 1.29 is 4.74 Å². The van der Waals surface area contributed by atoms with Crippen LogP contribution in [0.1, 0.15) is 38.1 Å². The van der Waals surface area contributed by atoms with E-state index in [4.69, 9.17) is 14.7 Å². The molecule has 0 aliphatic carbocycles. The van der Waals surface area contributed by atoms with Crippen molar-refractivity contribution in [1.82, 2.24) is 14.9 Å². The van der Waals surface area contributed by atoms with Crippen LogP contribution >= 0.6 is 34.9 Å². The zero-order chi connectivity index (χ0) is 18.2. The van der Waals surface area contributed by atoms with E-state index in [1.165, 1.54) is 15.1 Å². The molecule has 0 radical (unpaired) electrons. The van der Waals surface area contributed by atoms with Gasteiger partial charge in [-0.15, -0.1) is 23.1 Å². The Balaban J connectivity index is 2.01. The van der Waals surface area contributed by atoms with Gasteiger partial charge in [-0.25, -0.2) is 9.97 Å². The molecule has 0 saturated heterocycles. The van der Waals surface area contributed by atoms with Crippen molar-refractivity contribution in [2.75, 3.05) is 26.4 Å². The van der Waals surface area contributed by atoms with E-state index in [-0.39, 0.29) is 5.60 Å². The molecule has 25 heavy (non-hydrogen) atoms. The molecule has 0 unspecified atom stereocenters. The standard InChI is InChI=1S/C18H27N3OS3/c1-11(2)24-17-19-14-12-10-22-18(3,4)9-13(12)25-15(14)16(20-17)23-8-7-21(5)6/h11H,7-10H2,1-6H3. The van der Waals surface area contributed by atoms with Crippen molar-refractivity contribution in [3.05, 3.63) is 10.4 Å². The summed E-state index contributed by atoms with van der Waals surface area (Å²) in [7, 11) is 4.22. The Morgan fingerprint density at radius 3 is 2.72 bits per heavy atom. The fourth-order valence-corrected chi connectivity index (χ4v) is 6.15. The zero-order valence-electron chi connectivity index (χ0n) is 15.9. The Labute approximate surface area is 163 Å². The summed E-state index contributed by atoms with van der Waals surface area (Å²) in [5, 5.41) is 2.49. The van der Waals surface area contributed by atoms with E-state index >= 15 is 0 Å². The van der Waals surface area contributed by atoms with Crippen molar-refractivity contribution in [3.63, 3.8) is 0 Å². The number of thiophene rings is 1. The first-order valence-electron chi connectivity index (χ1n) is 8.65. The Hall–Kier alpha value is -0.340. The fraction of sp³-hybridized carbons (Fsp3) is 0.667. The third-order valence-corrected chi connectivity index (χ3v) is 7.15. The predicted octanol–water partition coefficient (Wildman–Crippen LogP) is 4.70. The molecular formula is C18H27N3OS3. The quantitative estimate of drug-likeness (QED) is 0.400. The molecule has 0 bridgehead atoms. The first kappa shape index (κ1) is 19.4. The van der Waals surface area contributed by atoms with E-state index in [1.807, 2.05) is 23.1 Å². The van der Waals surface area contributed by atoms with Crippen molar-refractivity contribution in [2.45, 2.75) is 61.8 Å². The van der Waals surface area contributed by atoms with Crippen LogP contribution in [0.4, 0.5) is 0 Å². The van der Waals surface area contributed by atoms with Gasteiger partial charge in [0.1, 0.15) is 5.03 Å². The molecule has 0 amide bonds. The van der Waals surface area contributed by atoms with Gasteiger partial charge < -0.3 is 9.64 Å². The number of thioether (sulfide) groups is 2. The van der Waals surface area contributed by atoms with Crippen LogP contribution in [-0.4, -0.2) is 52.1 Å². The van der Waals surface area contributed by atoms with E-state index < -0.39 is 0 Å². The smallest absolute Gasteiger partial charge is 0.189 e. The molecule has 3 rings (SSSR count). The highest BCUT2D eigenvalue weighted by Gasteiger charge is 2.30. The summed E-state index contributed by atoms with van der Waals surface area (Å²) in [5.41, 5.74) is 2.30. The molecule has 2 aromatic rings. The summed E-state index contributed by atoms with van der Waals surface area (Å²) < 4.78 is 7.30. The monoisotopic (exact) mass is 397 g/mol. The Morgan fingerprint density at radius 2 is 2.04 bits per heavy atom. The summed E-state index contributed by atoms with van der Waals surface area (Å²) in [5.74, 6) is 1.04. The van der Waals surface area contributed by atoms with Gasteiger partial charge in [0.2, 0.25) is 0 Å². The van der Waals surface area contributed by atoms with Crippen molar-refractivity contribution in [3.8, 4) is 0 Å². The molecule has 0 fully saturated rings.